The number of nitrogens with one attached hydrogen (secondary N) is 1. The Bertz CT molecular complexity index is 1300. The highest BCUT2D eigenvalue weighted by Crippen LogP contribution is 2.56. The first-order valence-corrected chi connectivity index (χ1v) is 14.0. The van der Waals surface area contributed by atoms with Gasteiger partial charge in [-0.25, -0.2) is 8.42 Å². The topological polar surface area (TPSA) is 63.2 Å². The quantitative estimate of drug-likeness (QED) is 0.327. The third-order valence-corrected chi connectivity index (χ3v) is 10.5. The Balaban J connectivity index is 1.96. The van der Waals surface area contributed by atoms with Crippen molar-refractivity contribution in [2.75, 3.05) is 0 Å². The molecule has 0 aliphatic carbocycles. The highest BCUT2D eigenvalue weighted by atomic mass is 79.9. The van der Waals surface area contributed by atoms with Gasteiger partial charge in [0.2, 0.25) is 10.0 Å². The van der Waals surface area contributed by atoms with Crippen molar-refractivity contribution < 1.29 is 13.0 Å². The summed E-state index contributed by atoms with van der Waals surface area (Å²) in [6, 6.07) is 33.5. The average molecular weight is 526 g/mol. The van der Waals surface area contributed by atoms with Gasteiger partial charge >= 0.3 is 0 Å². The minimum atomic E-state index is -3.96. The van der Waals surface area contributed by atoms with Gasteiger partial charge in [0.15, 0.2) is 7.14 Å². The molecule has 0 radical (unpaired) electrons. The van der Waals surface area contributed by atoms with Crippen molar-refractivity contribution in [3.8, 4) is 0 Å². The molecular weight excluding hydrogens is 505 g/mol. The molecule has 0 unspecified atom stereocenters. The van der Waals surface area contributed by atoms with Gasteiger partial charge in [0, 0.05) is 15.1 Å². The maximum Gasteiger partial charge on any atom is 0.241 e. The lowest BCUT2D eigenvalue weighted by Crippen LogP contribution is -2.34. The zero-order chi connectivity index (χ0) is 22.6. The predicted octanol–water partition coefficient (Wildman–Crippen LogP) is 5.44. The van der Waals surface area contributed by atoms with Gasteiger partial charge in [-0.05, 0) is 29.8 Å². The molecule has 0 spiro atoms. The Morgan fingerprint density at radius 2 is 1.19 bits per heavy atom. The molecule has 0 heterocycles. The predicted molar refractivity (Wildman–Crippen MR) is 133 cm³/mol. The van der Waals surface area contributed by atoms with Crippen molar-refractivity contribution in [1.29, 1.82) is 0 Å². The van der Waals surface area contributed by atoms with Crippen molar-refractivity contribution in [3.63, 3.8) is 0 Å². The van der Waals surface area contributed by atoms with Crippen molar-refractivity contribution >= 4 is 43.7 Å². The Morgan fingerprint density at radius 1 is 0.688 bits per heavy atom. The van der Waals surface area contributed by atoms with Crippen LogP contribution in [0.1, 0.15) is 11.3 Å². The van der Waals surface area contributed by atoms with E-state index in [2.05, 4.69) is 20.7 Å². The minimum absolute atomic E-state index is 0.118. The van der Waals surface area contributed by atoms with Crippen LogP contribution >= 0.6 is 23.1 Å². The van der Waals surface area contributed by atoms with Gasteiger partial charge in [-0.2, -0.15) is 4.72 Å². The molecule has 0 amide bonds. The summed E-state index contributed by atoms with van der Waals surface area (Å²) in [5.41, 5.74) is 0.606. The molecule has 4 aromatic rings. The van der Waals surface area contributed by atoms with Crippen LogP contribution in [-0.4, -0.2) is 8.42 Å². The second kappa shape index (κ2) is 9.55. The van der Waals surface area contributed by atoms with Gasteiger partial charge in [0.1, 0.15) is 5.78 Å². The van der Waals surface area contributed by atoms with E-state index in [-0.39, 0.29) is 4.90 Å². The lowest BCUT2D eigenvalue weighted by atomic mass is 10.2. The first kappa shape index (κ1) is 22.7. The maximum absolute atomic E-state index is 15.0. The summed E-state index contributed by atoms with van der Waals surface area (Å²) in [5, 5.41) is 1.15. The summed E-state index contributed by atoms with van der Waals surface area (Å²) in [5.74, 6) is -1.00. The summed E-state index contributed by atoms with van der Waals surface area (Å²) >= 11 is 3.47. The van der Waals surface area contributed by atoms with Crippen LogP contribution in [0.3, 0.4) is 0 Å². The number of halogens is 1. The fraction of sp³-hybridized carbons (Fsp3) is 0.0400. The third-order valence-electron chi connectivity index (χ3n) is 5.13. The molecule has 1 N–H and O–H groups in total. The van der Waals surface area contributed by atoms with Crippen molar-refractivity contribution in [2.45, 2.75) is 10.7 Å². The van der Waals surface area contributed by atoms with E-state index in [1.165, 1.54) is 12.1 Å². The lowest BCUT2D eigenvalue weighted by molar-refractivity contribution is 0.560. The number of hydrogen-bond acceptors (Lipinski definition) is 3. The van der Waals surface area contributed by atoms with Crippen LogP contribution in [0.4, 0.5) is 0 Å². The second-order valence-electron chi connectivity index (χ2n) is 7.22. The van der Waals surface area contributed by atoms with Crippen LogP contribution in [0.2, 0.25) is 0 Å². The van der Waals surface area contributed by atoms with Gasteiger partial charge in [-0.1, -0.05) is 107 Å². The first-order valence-electron chi connectivity index (χ1n) is 9.95. The Labute approximate surface area is 196 Å². The SMILES string of the molecule is O=P(c1ccccc1)(c1ccccc1)[C@@H](NS(=O)(=O)c1ccccc1)c1cccc(Br)c1. The van der Waals surface area contributed by atoms with E-state index >= 15 is 0 Å². The average Bonchev–Trinajstić information content (AvgIpc) is 2.84. The minimum Gasteiger partial charge on any atom is -0.312 e. The Morgan fingerprint density at radius 3 is 1.69 bits per heavy atom. The highest BCUT2D eigenvalue weighted by molar-refractivity contribution is 9.10. The molecule has 1 atom stereocenters. The zero-order valence-electron chi connectivity index (χ0n) is 17.0. The second-order valence-corrected chi connectivity index (χ2v) is 12.7. The molecule has 0 bridgehead atoms. The van der Waals surface area contributed by atoms with Crippen molar-refractivity contribution in [2.24, 2.45) is 0 Å². The van der Waals surface area contributed by atoms with Crippen LogP contribution < -0.4 is 15.3 Å². The summed E-state index contributed by atoms with van der Waals surface area (Å²) in [4.78, 5) is 0.118. The van der Waals surface area contributed by atoms with Crippen LogP contribution in [-0.2, 0) is 14.6 Å². The molecule has 0 fully saturated rings. The number of benzene rings is 4. The molecule has 7 heteroatoms. The van der Waals surface area contributed by atoms with Crippen LogP contribution in [0.25, 0.3) is 0 Å². The van der Waals surface area contributed by atoms with E-state index in [0.29, 0.717) is 16.2 Å². The highest BCUT2D eigenvalue weighted by Gasteiger charge is 2.40. The van der Waals surface area contributed by atoms with Crippen LogP contribution in [0, 0.1) is 0 Å². The summed E-state index contributed by atoms with van der Waals surface area (Å²) < 4.78 is 45.3. The van der Waals surface area contributed by atoms with Crippen molar-refractivity contribution in [3.05, 3.63) is 125 Å². The number of rotatable bonds is 7. The molecule has 0 aromatic heterocycles. The Kier molecular flexibility index (Phi) is 6.77. The van der Waals surface area contributed by atoms with Crippen LogP contribution in [0.5, 0.6) is 0 Å². The molecule has 0 saturated carbocycles. The molecule has 0 saturated heterocycles. The fourth-order valence-electron chi connectivity index (χ4n) is 3.59. The van der Waals surface area contributed by atoms with Gasteiger partial charge in [-0.3, -0.25) is 0 Å². The summed E-state index contributed by atoms with van der Waals surface area (Å²) in [6.45, 7) is 0. The maximum atomic E-state index is 15.0. The largest absolute Gasteiger partial charge is 0.312 e. The van der Waals surface area contributed by atoms with Gasteiger partial charge in [0.05, 0.1) is 4.90 Å². The van der Waals surface area contributed by atoms with E-state index in [1.54, 1.807) is 54.6 Å². The third kappa shape index (κ3) is 4.64. The molecule has 162 valence electrons. The molecule has 4 rings (SSSR count). The summed E-state index contributed by atoms with van der Waals surface area (Å²) in [7, 11) is -7.46. The number of sulfonamides is 1. The van der Waals surface area contributed by atoms with E-state index in [0.717, 1.165) is 4.47 Å². The lowest BCUT2D eigenvalue weighted by Gasteiger charge is -2.30. The zero-order valence-corrected chi connectivity index (χ0v) is 20.3. The van der Waals surface area contributed by atoms with Crippen LogP contribution in [0.15, 0.2) is 125 Å². The normalized spacial score (nSPS) is 12.9. The van der Waals surface area contributed by atoms with E-state index in [9.17, 15) is 13.0 Å². The van der Waals surface area contributed by atoms with Crippen molar-refractivity contribution in [1.82, 2.24) is 4.72 Å². The van der Waals surface area contributed by atoms with Gasteiger partial charge in [-0.15, -0.1) is 0 Å². The first-order chi connectivity index (χ1) is 15.4. The molecule has 0 aliphatic heterocycles. The molecule has 0 aliphatic rings. The standard InChI is InChI=1S/C25H21BrNO3PS/c26-21-12-10-11-20(19-21)25(27-32(29,30)24-17-8-3-9-18-24)31(28,22-13-4-1-5-14-22)23-15-6-2-7-16-23/h1-19,25,27H/t25-/m1/s1. The molecular formula is C25H21BrNO3PS. The fourth-order valence-corrected chi connectivity index (χ4v) is 8.80. The summed E-state index contributed by atoms with van der Waals surface area (Å²) in [6.07, 6.45) is 0. The van der Waals surface area contributed by atoms with Gasteiger partial charge in [0.25, 0.3) is 0 Å². The molecule has 4 aromatic carbocycles. The monoisotopic (exact) mass is 525 g/mol. The molecule has 32 heavy (non-hydrogen) atoms. The van der Waals surface area contributed by atoms with E-state index in [1.807, 2.05) is 48.5 Å². The number of hydrogen-bond donors (Lipinski definition) is 1. The van der Waals surface area contributed by atoms with E-state index in [4.69, 9.17) is 0 Å². The Hall–Kier alpha value is -2.50. The smallest absolute Gasteiger partial charge is 0.241 e. The van der Waals surface area contributed by atoms with Gasteiger partial charge < -0.3 is 4.57 Å². The van der Waals surface area contributed by atoms with E-state index < -0.39 is 22.9 Å². The molecule has 4 nitrogen and oxygen atoms in total.